The molecule has 1 amide bonds. The van der Waals surface area contributed by atoms with Crippen molar-refractivity contribution in [1.82, 2.24) is 4.98 Å². The summed E-state index contributed by atoms with van der Waals surface area (Å²) in [5.74, 6) is -0.435. The highest BCUT2D eigenvalue weighted by Crippen LogP contribution is 2.45. The largest absolute Gasteiger partial charge is 0.507 e. The number of rotatable bonds is 6. The van der Waals surface area contributed by atoms with Gasteiger partial charge in [0, 0.05) is 12.0 Å². The molecule has 2 aliphatic heterocycles. The van der Waals surface area contributed by atoms with E-state index in [9.17, 15) is 14.7 Å². The van der Waals surface area contributed by atoms with Crippen molar-refractivity contribution in [3.8, 4) is 11.5 Å². The van der Waals surface area contributed by atoms with Crippen molar-refractivity contribution in [2.75, 3.05) is 11.5 Å². The van der Waals surface area contributed by atoms with Crippen LogP contribution in [0.2, 0.25) is 0 Å². The number of carbonyl (C=O) groups excluding carboxylic acids is 2. The van der Waals surface area contributed by atoms with E-state index in [-0.39, 0.29) is 17.4 Å². The number of benzene rings is 3. The second kappa shape index (κ2) is 9.71. The average Bonchev–Trinajstić information content (AvgIpc) is 3.59. The molecule has 0 spiro atoms. The van der Waals surface area contributed by atoms with E-state index in [1.807, 2.05) is 44.2 Å². The number of thiazole rings is 1. The average molecular weight is 539 g/mol. The molecule has 3 aromatic carbocycles. The first kappa shape index (κ1) is 24.9. The minimum atomic E-state index is -0.901. The lowest BCUT2D eigenvalue weighted by Gasteiger charge is -2.23. The Morgan fingerprint density at radius 3 is 2.87 bits per heavy atom. The maximum absolute atomic E-state index is 13.6. The summed E-state index contributed by atoms with van der Waals surface area (Å²) in [7, 11) is 0. The first-order valence-corrected chi connectivity index (χ1v) is 13.5. The molecule has 4 aromatic rings. The van der Waals surface area contributed by atoms with Gasteiger partial charge >= 0.3 is 5.91 Å². The van der Waals surface area contributed by atoms with Crippen LogP contribution in [0, 0.1) is 6.92 Å². The highest BCUT2D eigenvalue weighted by Gasteiger charge is 2.48. The van der Waals surface area contributed by atoms with Gasteiger partial charge in [0.2, 0.25) is 0 Å². The summed E-state index contributed by atoms with van der Waals surface area (Å²) >= 11 is 1.33. The molecule has 3 heterocycles. The van der Waals surface area contributed by atoms with Gasteiger partial charge in [0.05, 0.1) is 21.8 Å². The number of hydrogen-bond donors (Lipinski definition) is 1. The monoisotopic (exact) mass is 538 g/mol. The standard InChI is InChI=1S/C31H26N2O5S/c1-4-12-37-22-7-5-6-19(16-22)27-26(28(34)20-9-11-24-21(15-20)14-18(3)38-24)29(35)30(36)33(27)31-32-23-10-8-17(2)13-25(23)39-31/h4-11,13,15-16,18,27,34H,1,12,14H2,2-3H3/b28-26+/t18-,27-/m0/s1. The van der Waals surface area contributed by atoms with Gasteiger partial charge in [-0.1, -0.05) is 42.2 Å². The lowest BCUT2D eigenvalue weighted by molar-refractivity contribution is -0.132. The lowest BCUT2D eigenvalue weighted by Crippen LogP contribution is -2.29. The van der Waals surface area contributed by atoms with Gasteiger partial charge < -0.3 is 14.6 Å². The van der Waals surface area contributed by atoms with Gasteiger partial charge in [-0.2, -0.15) is 0 Å². The number of ether oxygens (including phenoxy) is 2. The normalized spacial score (nSPS) is 19.8. The van der Waals surface area contributed by atoms with Crippen LogP contribution in [0.1, 0.15) is 35.2 Å². The first-order chi connectivity index (χ1) is 18.8. The predicted molar refractivity (Wildman–Crippen MR) is 152 cm³/mol. The second-order valence-electron chi connectivity index (χ2n) is 9.76. The third-order valence-electron chi connectivity index (χ3n) is 6.89. The molecule has 1 fully saturated rings. The molecular weight excluding hydrogens is 512 g/mol. The van der Waals surface area contributed by atoms with Crippen LogP contribution in [-0.2, 0) is 16.0 Å². The smallest absolute Gasteiger partial charge is 0.301 e. The number of aliphatic hydroxyl groups is 1. The minimum absolute atomic E-state index is 0.00298. The number of Topliss-reactive ketones (excluding diaryl/α,β-unsaturated/α-hetero) is 1. The zero-order valence-electron chi connectivity index (χ0n) is 21.5. The molecule has 1 saturated heterocycles. The number of aryl methyl sites for hydroxylation is 1. The van der Waals surface area contributed by atoms with E-state index in [0.717, 1.165) is 27.1 Å². The lowest BCUT2D eigenvalue weighted by atomic mass is 9.94. The summed E-state index contributed by atoms with van der Waals surface area (Å²) in [6.45, 7) is 7.96. The maximum atomic E-state index is 13.6. The zero-order valence-corrected chi connectivity index (χ0v) is 22.3. The van der Waals surface area contributed by atoms with E-state index in [1.165, 1.54) is 16.2 Å². The maximum Gasteiger partial charge on any atom is 0.301 e. The second-order valence-corrected chi connectivity index (χ2v) is 10.8. The molecule has 6 rings (SSSR count). The van der Waals surface area contributed by atoms with E-state index >= 15 is 0 Å². The van der Waals surface area contributed by atoms with Crippen LogP contribution < -0.4 is 14.4 Å². The molecule has 0 aliphatic carbocycles. The summed E-state index contributed by atoms with van der Waals surface area (Å²) in [5, 5.41) is 12.0. The number of hydrogen-bond acceptors (Lipinski definition) is 7. The molecule has 196 valence electrons. The van der Waals surface area contributed by atoms with E-state index in [0.29, 0.717) is 35.0 Å². The Kier molecular flexibility index (Phi) is 6.19. The Morgan fingerprint density at radius 1 is 1.21 bits per heavy atom. The molecule has 8 heteroatoms. The molecule has 0 radical (unpaired) electrons. The van der Waals surface area contributed by atoms with E-state index in [4.69, 9.17) is 14.5 Å². The fourth-order valence-corrected chi connectivity index (χ4v) is 6.21. The third-order valence-corrected chi connectivity index (χ3v) is 7.91. The van der Waals surface area contributed by atoms with Crippen molar-refractivity contribution in [3.05, 3.63) is 101 Å². The van der Waals surface area contributed by atoms with E-state index in [1.54, 1.807) is 36.4 Å². The number of amides is 1. The van der Waals surface area contributed by atoms with Gasteiger partial charge in [0.1, 0.15) is 30.0 Å². The molecule has 1 aromatic heterocycles. The number of ketones is 1. The van der Waals surface area contributed by atoms with Crippen molar-refractivity contribution in [1.29, 1.82) is 0 Å². The SMILES string of the molecule is C=CCOc1cccc([C@H]2/C(=C(\O)c3ccc4c(c3)C[C@H](C)O4)C(=O)C(=O)N2c2nc3ccc(C)cc3s2)c1. The van der Waals surface area contributed by atoms with Gasteiger partial charge in [0.25, 0.3) is 5.78 Å². The van der Waals surface area contributed by atoms with Gasteiger partial charge in [-0.15, -0.1) is 0 Å². The van der Waals surface area contributed by atoms with Crippen LogP contribution in [0.5, 0.6) is 11.5 Å². The molecule has 2 aliphatic rings. The summed E-state index contributed by atoms with van der Waals surface area (Å²) < 4.78 is 12.4. The third kappa shape index (κ3) is 4.36. The number of anilines is 1. The molecule has 0 saturated carbocycles. The Balaban J connectivity index is 1.53. The van der Waals surface area contributed by atoms with Crippen LogP contribution in [0.15, 0.2) is 78.9 Å². The molecule has 7 nitrogen and oxygen atoms in total. The Bertz CT molecular complexity index is 1690. The van der Waals surface area contributed by atoms with Crippen LogP contribution >= 0.6 is 11.3 Å². The molecule has 39 heavy (non-hydrogen) atoms. The Labute approximate surface area is 229 Å². The highest BCUT2D eigenvalue weighted by molar-refractivity contribution is 7.22. The first-order valence-electron chi connectivity index (χ1n) is 12.7. The molecule has 1 N–H and O–H groups in total. The van der Waals surface area contributed by atoms with Crippen molar-refractivity contribution < 1.29 is 24.2 Å². The van der Waals surface area contributed by atoms with E-state index < -0.39 is 17.7 Å². The van der Waals surface area contributed by atoms with Crippen LogP contribution in [0.4, 0.5) is 5.13 Å². The summed E-state index contributed by atoms with van der Waals surface area (Å²) in [5.41, 5.74) is 3.82. The Morgan fingerprint density at radius 2 is 2.05 bits per heavy atom. The highest BCUT2D eigenvalue weighted by atomic mass is 32.1. The summed E-state index contributed by atoms with van der Waals surface area (Å²) in [6.07, 6.45) is 2.37. The van der Waals surface area contributed by atoms with Gasteiger partial charge in [-0.3, -0.25) is 14.5 Å². The zero-order chi connectivity index (χ0) is 27.3. The van der Waals surface area contributed by atoms with Crippen molar-refractivity contribution in [2.45, 2.75) is 32.4 Å². The number of fused-ring (bicyclic) bond motifs is 2. The predicted octanol–water partition coefficient (Wildman–Crippen LogP) is 6.12. The number of nitrogens with zero attached hydrogens (tertiary/aromatic N) is 2. The topological polar surface area (TPSA) is 89.0 Å². The minimum Gasteiger partial charge on any atom is -0.507 e. The molecule has 0 unspecified atom stereocenters. The molecular formula is C31H26N2O5S. The number of aliphatic hydroxyl groups excluding tert-OH is 1. The number of carbonyl (C=O) groups is 2. The molecule has 0 bridgehead atoms. The van der Waals surface area contributed by atoms with Crippen molar-refractivity contribution in [3.63, 3.8) is 0 Å². The van der Waals surface area contributed by atoms with Gasteiger partial charge in [0.15, 0.2) is 5.13 Å². The van der Waals surface area contributed by atoms with E-state index in [2.05, 4.69) is 6.58 Å². The quantitative estimate of drug-likeness (QED) is 0.138. The van der Waals surface area contributed by atoms with Crippen molar-refractivity contribution >= 4 is 44.1 Å². The molecule has 2 atom stereocenters. The van der Waals surface area contributed by atoms with Crippen LogP contribution in [0.25, 0.3) is 16.0 Å². The summed E-state index contributed by atoms with van der Waals surface area (Å²) in [6, 6.07) is 17.4. The van der Waals surface area contributed by atoms with Crippen LogP contribution in [-0.4, -0.2) is 34.5 Å². The van der Waals surface area contributed by atoms with Gasteiger partial charge in [-0.05, 0) is 73.0 Å². The number of aromatic nitrogens is 1. The Hall–Kier alpha value is -4.43. The van der Waals surface area contributed by atoms with Crippen LogP contribution in [0.3, 0.4) is 0 Å². The van der Waals surface area contributed by atoms with Crippen molar-refractivity contribution in [2.24, 2.45) is 0 Å². The fraction of sp³-hybridized carbons (Fsp3) is 0.194. The fourth-order valence-electron chi connectivity index (χ4n) is 5.12. The summed E-state index contributed by atoms with van der Waals surface area (Å²) in [4.78, 5) is 33.3. The van der Waals surface area contributed by atoms with Gasteiger partial charge in [-0.25, -0.2) is 4.98 Å².